The zero-order valence-corrected chi connectivity index (χ0v) is 7.08. The summed E-state index contributed by atoms with van der Waals surface area (Å²) < 4.78 is 0. The van der Waals surface area contributed by atoms with Crippen LogP contribution in [0.4, 0.5) is 0 Å². The maximum absolute atomic E-state index is 10.8. The minimum Gasteiger partial charge on any atom is -0.393 e. The number of Topliss-reactive ketones (excluding diaryl/α,β-unsaturated/α-hetero) is 1. The molecule has 0 aromatic carbocycles. The highest BCUT2D eigenvalue weighted by atomic mass is 16.3. The SMILES string of the molecule is CC(O)CCCC(=O)C(C)O. The van der Waals surface area contributed by atoms with Gasteiger partial charge in [-0.25, -0.2) is 0 Å². The summed E-state index contributed by atoms with van der Waals surface area (Å²) in [6.45, 7) is 3.15. The molecule has 0 aliphatic carbocycles. The fourth-order valence-corrected chi connectivity index (χ4v) is 0.781. The van der Waals surface area contributed by atoms with E-state index in [1.807, 2.05) is 0 Å². The third-order valence-electron chi connectivity index (χ3n) is 1.51. The average molecular weight is 160 g/mol. The topological polar surface area (TPSA) is 57.5 Å². The minimum absolute atomic E-state index is 0.148. The molecule has 66 valence electrons. The highest BCUT2D eigenvalue weighted by Gasteiger charge is 2.08. The molecule has 2 N–H and O–H groups in total. The van der Waals surface area contributed by atoms with Gasteiger partial charge in [0, 0.05) is 6.42 Å². The van der Waals surface area contributed by atoms with Crippen LogP contribution in [-0.4, -0.2) is 28.2 Å². The van der Waals surface area contributed by atoms with Gasteiger partial charge in [-0.3, -0.25) is 4.79 Å². The lowest BCUT2D eigenvalue weighted by Gasteiger charge is -2.04. The molecule has 0 radical (unpaired) electrons. The molecule has 0 heterocycles. The molecule has 0 aromatic heterocycles. The zero-order valence-electron chi connectivity index (χ0n) is 7.08. The van der Waals surface area contributed by atoms with Crippen LogP contribution in [0.1, 0.15) is 33.1 Å². The molecular weight excluding hydrogens is 144 g/mol. The van der Waals surface area contributed by atoms with E-state index in [9.17, 15) is 4.79 Å². The second kappa shape index (κ2) is 5.27. The van der Waals surface area contributed by atoms with E-state index >= 15 is 0 Å². The molecule has 0 rings (SSSR count). The first-order valence-electron chi connectivity index (χ1n) is 3.93. The normalized spacial score (nSPS) is 16.0. The predicted molar refractivity (Wildman–Crippen MR) is 42.2 cm³/mol. The number of rotatable bonds is 5. The van der Waals surface area contributed by atoms with Gasteiger partial charge in [0.15, 0.2) is 5.78 Å². The number of ketones is 1. The largest absolute Gasteiger partial charge is 0.393 e. The van der Waals surface area contributed by atoms with Gasteiger partial charge in [0.1, 0.15) is 6.10 Å². The van der Waals surface area contributed by atoms with Gasteiger partial charge in [0.25, 0.3) is 0 Å². The van der Waals surface area contributed by atoms with Crippen LogP contribution in [0, 0.1) is 0 Å². The van der Waals surface area contributed by atoms with E-state index in [0.29, 0.717) is 19.3 Å². The number of hydrogen-bond acceptors (Lipinski definition) is 3. The zero-order chi connectivity index (χ0) is 8.85. The Hall–Kier alpha value is -0.410. The molecule has 0 aromatic rings. The lowest BCUT2D eigenvalue weighted by Crippen LogP contribution is -2.16. The van der Waals surface area contributed by atoms with Gasteiger partial charge in [0.05, 0.1) is 6.10 Å². The van der Waals surface area contributed by atoms with Crippen molar-refractivity contribution in [2.24, 2.45) is 0 Å². The highest BCUT2D eigenvalue weighted by molar-refractivity contribution is 5.82. The van der Waals surface area contributed by atoms with Gasteiger partial charge in [-0.2, -0.15) is 0 Å². The van der Waals surface area contributed by atoms with E-state index in [1.165, 1.54) is 6.92 Å². The van der Waals surface area contributed by atoms with Gasteiger partial charge in [-0.1, -0.05) is 0 Å². The molecule has 0 saturated heterocycles. The van der Waals surface area contributed by atoms with Crippen molar-refractivity contribution in [1.82, 2.24) is 0 Å². The van der Waals surface area contributed by atoms with Crippen LogP contribution in [0.15, 0.2) is 0 Å². The summed E-state index contributed by atoms with van der Waals surface area (Å²) in [6.07, 6.45) is 0.434. The minimum atomic E-state index is -0.857. The standard InChI is InChI=1S/C8H16O3/c1-6(9)4-3-5-8(11)7(2)10/h6-7,9-10H,3-5H2,1-2H3. The predicted octanol–water partition coefficient (Wildman–Crippen LogP) is 0.487. The van der Waals surface area contributed by atoms with E-state index in [4.69, 9.17) is 10.2 Å². The summed E-state index contributed by atoms with van der Waals surface area (Å²) >= 11 is 0. The lowest BCUT2D eigenvalue weighted by atomic mass is 10.1. The van der Waals surface area contributed by atoms with E-state index in [1.54, 1.807) is 6.92 Å². The van der Waals surface area contributed by atoms with Gasteiger partial charge >= 0.3 is 0 Å². The first-order chi connectivity index (χ1) is 5.04. The molecule has 11 heavy (non-hydrogen) atoms. The van der Waals surface area contributed by atoms with Crippen LogP contribution in [0.2, 0.25) is 0 Å². The molecule has 3 nitrogen and oxygen atoms in total. The Labute approximate surface area is 67.0 Å². The molecule has 2 atom stereocenters. The van der Waals surface area contributed by atoms with Crippen molar-refractivity contribution in [2.45, 2.75) is 45.3 Å². The van der Waals surface area contributed by atoms with E-state index in [-0.39, 0.29) is 11.9 Å². The summed E-state index contributed by atoms with van der Waals surface area (Å²) in [5.74, 6) is -0.148. The van der Waals surface area contributed by atoms with Crippen molar-refractivity contribution in [3.8, 4) is 0 Å². The fourth-order valence-electron chi connectivity index (χ4n) is 0.781. The first-order valence-corrected chi connectivity index (χ1v) is 3.93. The second-order valence-electron chi connectivity index (χ2n) is 2.88. The number of hydrogen-bond donors (Lipinski definition) is 2. The molecule has 3 heteroatoms. The van der Waals surface area contributed by atoms with E-state index in [2.05, 4.69) is 0 Å². The second-order valence-corrected chi connectivity index (χ2v) is 2.88. The van der Waals surface area contributed by atoms with Crippen molar-refractivity contribution in [1.29, 1.82) is 0 Å². The smallest absolute Gasteiger partial charge is 0.160 e. The fraction of sp³-hybridized carbons (Fsp3) is 0.875. The Morgan fingerprint density at radius 1 is 1.36 bits per heavy atom. The Bertz CT molecular complexity index is 119. The van der Waals surface area contributed by atoms with Crippen LogP contribution in [-0.2, 0) is 4.79 Å². The Kier molecular flexibility index (Phi) is 5.07. The van der Waals surface area contributed by atoms with Crippen LogP contribution in [0.25, 0.3) is 0 Å². The Morgan fingerprint density at radius 3 is 2.27 bits per heavy atom. The molecule has 2 unspecified atom stereocenters. The number of carbonyl (C=O) groups excluding carboxylic acids is 1. The summed E-state index contributed by atoms with van der Waals surface area (Å²) in [5.41, 5.74) is 0. The van der Waals surface area contributed by atoms with Crippen LogP contribution in [0.3, 0.4) is 0 Å². The molecule has 0 spiro atoms. The van der Waals surface area contributed by atoms with Crippen LogP contribution >= 0.6 is 0 Å². The number of carbonyl (C=O) groups is 1. The molecule has 0 saturated carbocycles. The molecular formula is C8H16O3. The highest BCUT2D eigenvalue weighted by Crippen LogP contribution is 2.02. The number of aliphatic hydroxyl groups excluding tert-OH is 2. The quantitative estimate of drug-likeness (QED) is 0.615. The molecule has 0 fully saturated rings. The van der Waals surface area contributed by atoms with Crippen molar-refractivity contribution >= 4 is 5.78 Å². The first kappa shape index (κ1) is 10.6. The molecule has 0 aliphatic rings. The molecule has 0 bridgehead atoms. The van der Waals surface area contributed by atoms with Gasteiger partial charge in [-0.15, -0.1) is 0 Å². The third-order valence-corrected chi connectivity index (χ3v) is 1.51. The third kappa shape index (κ3) is 6.01. The summed E-state index contributed by atoms with van der Waals surface area (Å²) in [6, 6.07) is 0. The summed E-state index contributed by atoms with van der Waals surface area (Å²) in [4.78, 5) is 10.8. The van der Waals surface area contributed by atoms with E-state index < -0.39 is 6.10 Å². The van der Waals surface area contributed by atoms with Crippen molar-refractivity contribution in [3.05, 3.63) is 0 Å². The average Bonchev–Trinajstić information content (AvgIpc) is 1.86. The van der Waals surface area contributed by atoms with Gasteiger partial charge in [-0.05, 0) is 26.7 Å². The maximum atomic E-state index is 10.8. The van der Waals surface area contributed by atoms with Crippen molar-refractivity contribution < 1.29 is 15.0 Å². The molecule has 0 amide bonds. The van der Waals surface area contributed by atoms with E-state index in [0.717, 1.165) is 0 Å². The summed E-state index contributed by atoms with van der Waals surface area (Å²) in [5, 5.41) is 17.6. The Morgan fingerprint density at radius 2 is 1.91 bits per heavy atom. The molecule has 0 aliphatic heterocycles. The van der Waals surface area contributed by atoms with Crippen LogP contribution < -0.4 is 0 Å². The van der Waals surface area contributed by atoms with Crippen molar-refractivity contribution in [2.75, 3.05) is 0 Å². The maximum Gasteiger partial charge on any atom is 0.160 e. The Balaban J connectivity index is 3.32. The lowest BCUT2D eigenvalue weighted by molar-refractivity contribution is -0.126. The van der Waals surface area contributed by atoms with Gasteiger partial charge in [0.2, 0.25) is 0 Å². The monoisotopic (exact) mass is 160 g/mol. The summed E-state index contributed by atoms with van der Waals surface area (Å²) in [7, 11) is 0. The van der Waals surface area contributed by atoms with Crippen molar-refractivity contribution in [3.63, 3.8) is 0 Å². The number of aliphatic hydroxyl groups is 2. The van der Waals surface area contributed by atoms with Crippen LogP contribution in [0.5, 0.6) is 0 Å². The van der Waals surface area contributed by atoms with Gasteiger partial charge < -0.3 is 10.2 Å².